The predicted molar refractivity (Wildman–Crippen MR) is 101 cm³/mol. The summed E-state index contributed by atoms with van der Waals surface area (Å²) in [5.41, 5.74) is 1.05. The number of aliphatic hydroxyl groups is 1. The van der Waals surface area contributed by atoms with Gasteiger partial charge in [-0.3, -0.25) is 4.79 Å². The molecule has 2 amide bonds. The lowest BCUT2D eigenvalue weighted by atomic mass is 9.96. The summed E-state index contributed by atoms with van der Waals surface area (Å²) in [4.78, 5) is 26.1. The molecular formula is C21H31NO4. The number of amides is 2. The molecule has 1 aromatic rings. The molecule has 1 fully saturated rings. The summed E-state index contributed by atoms with van der Waals surface area (Å²) in [6.07, 6.45) is 5.32. The van der Waals surface area contributed by atoms with Crippen LogP contribution in [0.2, 0.25) is 0 Å². The lowest BCUT2D eigenvalue weighted by Crippen LogP contribution is -2.45. The van der Waals surface area contributed by atoms with Gasteiger partial charge in [-0.15, -0.1) is 0 Å². The second kappa shape index (κ2) is 10.3. The molecule has 5 heteroatoms. The summed E-state index contributed by atoms with van der Waals surface area (Å²) in [6.45, 7) is 4.07. The fraction of sp³-hybridized carbons (Fsp3) is 0.619. The van der Waals surface area contributed by atoms with Crippen LogP contribution in [0.3, 0.4) is 0 Å². The Morgan fingerprint density at radius 3 is 2.62 bits per heavy atom. The Morgan fingerprint density at radius 1 is 1.23 bits per heavy atom. The molecule has 1 aliphatic heterocycles. The number of rotatable bonds is 10. The summed E-state index contributed by atoms with van der Waals surface area (Å²) >= 11 is 0. The molecule has 1 aromatic carbocycles. The molecule has 1 aliphatic rings. The molecule has 0 spiro atoms. The number of carbonyl (C=O) groups is 2. The van der Waals surface area contributed by atoms with Crippen LogP contribution in [-0.2, 0) is 16.0 Å². The molecule has 0 radical (unpaired) electrons. The number of cyclic esters (lactones) is 1. The molecule has 3 atom stereocenters. The van der Waals surface area contributed by atoms with E-state index in [1.807, 2.05) is 30.3 Å². The molecule has 0 aromatic heterocycles. The Morgan fingerprint density at radius 2 is 1.92 bits per heavy atom. The van der Waals surface area contributed by atoms with E-state index in [0.717, 1.165) is 24.8 Å². The number of hydrogen-bond donors (Lipinski definition) is 1. The Kier molecular flexibility index (Phi) is 8.10. The van der Waals surface area contributed by atoms with E-state index in [1.54, 1.807) is 6.92 Å². The van der Waals surface area contributed by atoms with E-state index in [9.17, 15) is 14.7 Å². The van der Waals surface area contributed by atoms with Gasteiger partial charge in [-0.25, -0.2) is 9.69 Å². The van der Waals surface area contributed by atoms with Crippen LogP contribution in [0, 0.1) is 5.92 Å². The first kappa shape index (κ1) is 20.4. The second-order valence-corrected chi connectivity index (χ2v) is 7.19. The molecular weight excluding hydrogens is 330 g/mol. The van der Waals surface area contributed by atoms with Crippen molar-refractivity contribution in [3.63, 3.8) is 0 Å². The van der Waals surface area contributed by atoms with Gasteiger partial charge in [0.2, 0.25) is 5.91 Å². The maximum absolute atomic E-state index is 12.8. The van der Waals surface area contributed by atoms with E-state index in [0.29, 0.717) is 12.8 Å². The molecule has 1 heterocycles. The third-order valence-corrected chi connectivity index (χ3v) is 5.08. The zero-order chi connectivity index (χ0) is 18.9. The molecule has 1 N–H and O–H groups in total. The number of nitrogens with zero attached hydrogens (tertiary/aromatic N) is 1. The van der Waals surface area contributed by atoms with E-state index in [2.05, 4.69) is 6.92 Å². The Labute approximate surface area is 156 Å². The Balaban J connectivity index is 1.91. The number of benzene rings is 1. The van der Waals surface area contributed by atoms with Gasteiger partial charge in [-0.05, 0) is 18.4 Å². The molecule has 0 aliphatic carbocycles. The molecule has 1 saturated heterocycles. The first-order valence-corrected chi connectivity index (χ1v) is 9.76. The van der Waals surface area contributed by atoms with Crippen molar-refractivity contribution in [2.45, 2.75) is 70.9 Å². The van der Waals surface area contributed by atoms with E-state index in [4.69, 9.17) is 4.74 Å². The smallest absolute Gasteiger partial charge is 0.416 e. The number of unbranched alkanes of at least 4 members (excludes halogenated alkanes) is 4. The standard InChI is InChI=1S/C21H31NO4/c1-3-4-5-6-10-13-19(23)16(2)20(24)22-18(15-26-21(22)25)14-17-11-8-7-9-12-17/h7-9,11-12,16,18-19,23H,3-6,10,13-15H2,1-2H3/t16?,18?,19-/m0/s1. The summed E-state index contributed by atoms with van der Waals surface area (Å²) in [5.74, 6) is -0.945. The fourth-order valence-corrected chi connectivity index (χ4v) is 3.36. The van der Waals surface area contributed by atoms with Gasteiger partial charge >= 0.3 is 6.09 Å². The van der Waals surface area contributed by atoms with Crippen LogP contribution in [0.1, 0.15) is 57.9 Å². The third kappa shape index (κ3) is 5.56. The topological polar surface area (TPSA) is 66.8 Å². The van der Waals surface area contributed by atoms with Crippen molar-refractivity contribution in [3.05, 3.63) is 35.9 Å². The zero-order valence-corrected chi connectivity index (χ0v) is 15.9. The van der Waals surface area contributed by atoms with Crippen molar-refractivity contribution in [2.24, 2.45) is 5.92 Å². The van der Waals surface area contributed by atoms with Crippen LogP contribution in [0.5, 0.6) is 0 Å². The van der Waals surface area contributed by atoms with E-state index in [-0.39, 0.29) is 18.6 Å². The van der Waals surface area contributed by atoms with Crippen molar-refractivity contribution >= 4 is 12.0 Å². The summed E-state index contributed by atoms with van der Waals surface area (Å²) < 4.78 is 5.11. The average molecular weight is 361 g/mol. The maximum atomic E-state index is 12.8. The number of aliphatic hydroxyl groups excluding tert-OH is 1. The average Bonchev–Trinajstić information content (AvgIpc) is 3.01. The number of carbonyl (C=O) groups excluding carboxylic acids is 2. The second-order valence-electron chi connectivity index (χ2n) is 7.19. The minimum absolute atomic E-state index is 0.208. The van der Waals surface area contributed by atoms with Crippen LogP contribution in [-0.4, -0.2) is 40.8 Å². The highest BCUT2D eigenvalue weighted by Crippen LogP contribution is 2.22. The monoisotopic (exact) mass is 361 g/mol. The van der Waals surface area contributed by atoms with Gasteiger partial charge in [-0.2, -0.15) is 0 Å². The summed E-state index contributed by atoms with van der Waals surface area (Å²) in [5, 5.41) is 10.4. The first-order valence-electron chi connectivity index (χ1n) is 9.76. The van der Waals surface area contributed by atoms with E-state index >= 15 is 0 Å². The quantitative estimate of drug-likeness (QED) is 0.641. The van der Waals surface area contributed by atoms with Crippen molar-refractivity contribution in [2.75, 3.05) is 6.61 Å². The van der Waals surface area contributed by atoms with Gasteiger partial charge in [0.15, 0.2) is 0 Å². The number of hydrogen-bond acceptors (Lipinski definition) is 4. The highest BCUT2D eigenvalue weighted by atomic mass is 16.6. The molecule has 0 bridgehead atoms. The molecule has 2 unspecified atom stereocenters. The van der Waals surface area contributed by atoms with Crippen molar-refractivity contribution in [1.82, 2.24) is 4.90 Å². The van der Waals surface area contributed by atoms with Crippen LogP contribution in [0.25, 0.3) is 0 Å². The third-order valence-electron chi connectivity index (χ3n) is 5.08. The SMILES string of the molecule is CCCCCCC[C@H](O)C(C)C(=O)N1C(=O)OCC1Cc1ccccc1. The van der Waals surface area contributed by atoms with Crippen LogP contribution < -0.4 is 0 Å². The lowest BCUT2D eigenvalue weighted by Gasteiger charge is -2.25. The number of imide groups is 1. The van der Waals surface area contributed by atoms with E-state index in [1.165, 1.54) is 17.7 Å². The Hall–Kier alpha value is -1.88. The summed E-state index contributed by atoms with van der Waals surface area (Å²) in [7, 11) is 0. The van der Waals surface area contributed by atoms with Gasteiger partial charge in [0.25, 0.3) is 0 Å². The van der Waals surface area contributed by atoms with Gasteiger partial charge < -0.3 is 9.84 Å². The molecule has 0 saturated carbocycles. The molecule has 144 valence electrons. The van der Waals surface area contributed by atoms with Crippen LogP contribution >= 0.6 is 0 Å². The fourth-order valence-electron chi connectivity index (χ4n) is 3.36. The summed E-state index contributed by atoms with van der Waals surface area (Å²) in [6, 6.07) is 9.44. The predicted octanol–water partition coefficient (Wildman–Crippen LogP) is 3.93. The highest BCUT2D eigenvalue weighted by molar-refractivity contribution is 5.94. The lowest BCUT2D eigenvalue weighted by molar-refractivity contribution is -0.136. The van der Waals surface area contributed by atoms with Gasteiger partial charge in [-0.1, -0.05) is 76.3 Å². The molecule has 2 rings (SSSR count). The van der Waals surface area contributed by atoms with Gasteiger partial charge in [0.1, 0.15) is 6.61 Å². The maximum Gasteiger partial charge on any atom is 0.416 e. The van der Waals surface area contributed by atoms with Crippen LogP contribution in [0.15, 0.2) is 30.3 Å². The minimum atomic E-state index is -0.727. The van der Waals surface area contributed by atoms with Gasteiger partial charge in [0.05, 0.1) is 18.1 Å². The largest absolute Gasteiger partial charge is 0.447 e. The molecule has 26 heavy (non-hydrogen) atoms. The van der Waals surface area contributed by atoms with Crippen LogP contribution in [0.4, 0.5) is 4.79 Å². The highest BCUT2D eigenvalue weighted by Gasteiger charge is 2.41. The number of ether oxygens (including phenoxy) is 1. The van der Waals surface area contributed by atoms with Crippen molar-refractivity contribution < 1.29 is 19.4 Å². The van der Waals surface area contributed by atoms with Crippen molar-refractivity contribution in [3.8, 4) is 0 Å². The zero-order valence-electron chi connectivity index (χ0n) is 15.9. The van der Waals surface area contributed by atoms with E-state index < -0.39 is 18.1 Å². The van der Waals surface area contributed by atoms with Gasteiger partial charge in [0, 0.05) is 0 Å². The molecule has 5 nitrogen and oxygen atoms in total. The first-order chi connectivity index (χ1) is 12.5. The minimum Gasteiger partial charge on any atom is -0.447 e. The normalized spacial score (nSPS) is 19.3. The Bertz CT molecular complexity index is 575. The van der Waals surface area contributed by atoms with Crippen molar-refractivity contribution in [1.29, 1.82) is 0 Å².